The molecule has 4 rings (SSSR count). The number of carbonyl (C=O) groups excluding carboxylic acids is 1. The first-order valence-corrected chi connectivity index (χ1v) is 9.88. The Hall–Kier alpha value is -2.19. The van der Waals surface area contributed by atoms with Crippen molar-refractivity contribution in [2.45, 2.75) is 44.7 Å². The van der Waals surface area contributed by atoms with Gasteiger partial charge in [0, 0.05) is 38.5 Å². The molecule has 0 aliphatic carbocycles. The number of ether oxygens (including phenoxy) is 1. The fourth-order valence-corrected chi connectivity index (χ4v) is 4.08. The molecule has 9 heteroatoms. The minimum atomic E-state index is -0.389. The summed E-state index contributed by atoms with van der Waals surface area (Å²) in [4.78, 5) is 14.5. The molecule has 0 spiro atoms. The summed E-state index contributed by atoms with van der Waals surface area (Å²) in [6.45, 7) is 4.11. The van der Waals surface area contributed by atoms with Gasteiger partial charge in [-0.25, -0.2) is 4.39 Å². The zero-order valence-electron chi connectivity index (χ0n) is 16.6. The molecule has 1 aromatic carbocycles. The van der Waals surface area contributed by atoms with Gasteiger partial charge < -0.3 is 19.5 Å². The molecule has 0 unspecified atom stereocenters. The van der Waals surface area contributed by atoms with Gasteiger partial charge >= 0.3 is 0 Å². The molecule has 1 saturated heterocycles. The van der Waals surface area contributed by atoms with E-state index in [0.29, 0.717) is 18.8 Å². The second-order valence-corrected chi connectivity index (χ2v) is 7.43. The van der Waals surface area contributed by atoms with Gasteiger partial charge in [-0.1, -0.05) is 6.07 Å². The van der Waals surface area contributed by atoms with E-state index in [1.165, 1.54) is 13.2 Å². The number of likely N-dealkylation sites (tertiary alicyclic amines) is 1. The number of methoxy groups -OCH3 is 1. The molecule has 2 aliphatic heterocycles. The lowest BCUT2D eigenvalue weighted by Gasteiger charge is -2.32. The molecule has 1 amide bonds. The first kappa shape index (κ1) is 21.5. The van der Waals surface area contributed by atoms with Crippen LogP contribution in [-0.2, 0) is 24.3 Å². The number of carbonyl (C=O) groups is 1. The maximum absolute atomic E-state index is 13.8. The molecule has 1 fully saturated rings. The molecule has 158 valence electrons. The van der Waals surface area contributed by atoms with E-state index in [-0.39, 0.29) is 29.9 Å². The zero-order chi connectivity index (χ0) is 19.5. The Morgan fingerprint density at radius 1 is 1.28 bits per heavy atom. The fourth-order valence-electron chi connectivity index (χ4n) is 4.08. The molecule has 0 atom stereocenters. The summed E-state index contributed by atoms with van der Waals surface area (Å²) < 4.78 is 21.0. The first-order chi connectivity index (χ1) is 13.7. The van der Waals surface area contributed by atoms with Gasteiger partial charge in [0.1, 0.15) is 11.6 Å². The van der Waals surface area contributed by atoms with E-state index >= 15 is 0 Å². The molecule has 0 saturated carbocycles. The quantitative estimate of drug-likeness (QED) is 0.798. The highest BCUT2D eigenvalue weighted by molar-refractivity contribution is 5.85. The Labute approximate surface area is 176 Å². The van der Waals surface area contributed by atoms with Gasteiger partial charge in [0.25, 0.3) is 0 Å². The smallest absolute Gasteiger partial charge is 0.222 e. The minimum Gasteiger partial charge on any atom is -0.494 e. The number of nitrogens with one attached hydrogen (secondary N) is 1. The fraction of sp³-hybridized carbons (Fsp3) is 0.550. The number of fused-ring (bicyclic) bond motifs is 1. The Bertz CT molecular complexity index is 851. The van der Waals surface area contributed by atoms with Crippen molar-refractivity contribution in [1.29, 1.82) is 0 Å². The van der Waals surface area contributed by atoms with Crippen LogP contribution < -0.4 is 10.1 Å². The lowest BCUT2D eigenvalue weighted by Crippen LogP contribution is -2.39. The van der Waals surface area contributed by atoms with Crippen LogP contribution in [0.5, 0.6) is 5.75 Å². The molecule has 7 nitrogen and oxygen atoms in total. The molecule has 3 heterocycles. The van der Waals surface area contributed by atoms with Gasteiger partial charge in [0.05, 0.1) is 13.7 Å². The van der Waals surface area contributed by atoms with Crippen LogP contribution in [0.2, 0.25) is 0 Å². The van der Waals surface area contributed by atoms with E-state index in [2.05, 4.69) is 20.1 Å². The van der Waals surface area contributed by atoms with Crippen LogP contribution in [0, 0.1) is 5.82 Å². The summed E-state index contributed by atoms with van der Waals surface area (Å²) in [5.41, 5.74) is 0.810. The van der Waals surface area contributed by atoms with E-state index in [9.17, 15) is 9.18 Å². The van der Waals surface area contributed by atoms with Gasteiger partial charge in [0.15, 0.2) is 11.6 Å². The largest absolute Gasteiger partial charge is 0.494 e. The van der Waals surface area contributed by atoms with Crippen LogP contribution in [0.3, 0.4) is 0 Å². The van der Waals surface area contributed by atoms with Gasteiger partial charge in [-0.2, -0.15) is 0 Å². The van der Waals surface area contributed by atoms with Crippen molar-refractivity contribution >= 4 is 18.3 Å². The third-order valence-electron chi connectivity index (χ3n) is 5.71. The molecule has 1 aromatic heterocycles. The topological polar surface area (TPSA) is 72.3 Å². The molecular weight excluding hydrogens is 397 g/mol. The van der Waals surface area contributed by atoms with Crippen LogP contribution in [0.1, 0.15) is 42.4 Å². The summed E-state index contributed by atoms with van der Waals surface area (Å²) >= 11 is 0. The number of nitrogens with zero attached hydrogens (tertiary/aromatic N) is 4. The Balaban J connectivity index is 0.00000240. The molecule has 1 N–H and O–H groups in total. The number of rotatable bonds is 5. The van der Waals surface area contributed by atoms with Crippen LogP contribution in [-0.4, -0.2) is 52.3 Å². The van der Waals surface area contributed by atoms with E-state index in [1.807, 2.05) is 11.0 Å². The summed E-state index contributed by atoms with van der Waals surface area (Å²) in [7, 11) is 1.44. The molecule has 29 heavy (non-hydrogen) atoms. The number of hydrogen-bond acceptors (Lipinski definition) is 5. The number of piperidine rings is 1. The predicted molar refractivity (Wildman–Crippen MR) is 109 cm³/mol. The van der Waals surface area contributed by atoms with Crippen LogP contribution in [0.4, 0.5) is 4.39 Å². The van der Waals surface area contributed by atoms with E-state index < -0.39 is 0 Å². The Kier molecular flexibility index (Phi) is 7.08. The second kappa shape index (κ2) is 9.54. The summed E-state index contributed by atoms with van der Waals surface area (Å²) in [6, 6.07) is 4.86. The normalized spacial score (nSPS) is 16.8. The van der Waals surface area contributed by atoms with E-state index in [1.54, 1.807) is 6.07 Å². The number of benzene rings is 1. The second-order valence-electron chi connectivity index (χ2n) is 7.43. The van der Waals surface area contributed by atoms with Crippen LogP contribution in [0.25, 0.3) is 0 Å². The van der Waals surface area contributed by atoms with Crippen LogP contribution >= 0.6 is 12.4 Å². The van der Waals surface area contributed by atoms with Crippen molar-refractivity contribution < 1.29 is 13.9 Å². The Morgan fingerprint density at radius 2 is 2.07 bits per heavy atom. The highest BCUT2D eigenvalue weighted by atomic mass is 35.5. The summed E-state index contributed by atoms with van der Waals surface area (Å²) in [6.07, 6.45) is 2.75. The van der Waals surface area contributed by atoms with Crippen molar-refractivity contribution in [2.75, 3.05) is 26.7 Å². The lowest BCUT2D eigenvalue weighted by atomic mass is 9.95. The first-order valence-electron chi connectivity index (χ1n) is 9.88. The standard InChI is InChI=1S/C20H26FN5O2.ClH/c1-28-17-4-2-14(12-16(17)21)3-5-19(27)25-9-6-15(7-10-25)20-24-23-18-13-22-8-11-26(18)20;/h2,4,12,15,22H,3,5-11,13H2,1H3;1H. The maximum atomic E-state index is 13.8. The SMILES string of the molecule is COc1ccc(CCC(=O)N2CCC(c3nnc4n3CCNC4)CC2)cc1F.Cl. The molecular formula is C20H27ClFN5O2. The molecule has 2 aliphatic rings. The summed E-state index contributed by atoms with van der Waals surface area (Å²) in [5, 5.41) is 12.0. The zero-order valence-corrected chi connectivity index (χ0v) is 17.4. The van der Waals surface area contributed by atoms with Crippen molar-refractivity contribution in [3.8, 4) is 5.75 Å². The number of aromatic nitrogens is 3. The van der Waals surface area contributed by atoms with Crippen molar-refractivity contribution in [1.82, 2.24) is 25.0 Å². The van der Waals surface area contributed by atoms with Crippen molar-refractivity contribution in [3.05, 3.63) is 41.2 Å². The highest BCUT2D eigenvalue weighted by Gasteiger charge is 2.28. The van der Waals surface area contributed by atoms with E-state index in [0.717, 1.165) is 62.8 Å². The summed E-state index contributed by atoms with van der Waals surface area (Å²) in [5.74, 6) is 2.40. The Morgan fingerprint density at radius 3 is 2.79 bits per heavy atom. The predicted octanol–water partition coefficient (Wildman–Crippen LogP) is 2.29. The number of hydrogen-bond donors (Lipinski definition) is 1. The number of aryl methyl sites for hydroxylation is 1. The number of amides is 1. The monoisotopic (exact) mass is 423 g/mol. The van der Waals surface area contributed by atoms with Gasteiger partial charge in [0.2, 0.25) is 5.91 Å². The lowest BCUT2D eigenvalue weighted by molar-refractivity contribution is -0.132. The van der Waals surface area contributed by atoms with Crippen LogP contribution in [0.15, 0.2) is 18.2 Å². The minimum absolute atomic E-state index is 0. The van der Waals surface area contributed by atoms with E-state index in [4.69, 9.17) is 4.74 Å². The molecule has 2 aromatic rings. The van der Waals surface area contributed by atoms with Gasteiger partial charge in [-0.15, -0.1) is 22.6 Å². The van der Waals surface area contributed by atoms with Gasteiger partial charge in [-0.05, 0) is 37.0 Å². The number of halogens is 2. The van der Waals surface area contributed by atoms with Crippen molar-refractivity contribution in [3.63, 3.8) is 0 Å². The average Bonchev–Trinajstić information content (AvgIpc) is 3.16. The van der Waals surface area contributed by atoms with Gasteiger partial charge in [-0.3, -0.25) is 4.79 Å². The third kappa shape index (κ3) is 4.70. The molecule has 0 radical (unpaired) electrons. The third-order valence-corrected chi connectivity index (χ3v) is 5.71. The average molecular weight is 424 g/mol. The maximum Gasteiger partial charge on any atom is 0.222 e. The highest BCUT2D eigenvalue weighted by Crippen LogP contribution is 2.28. The molecule has 0 bridgehead atoms. The van der Waals surface area contributed by atoms with Crippen molar-refractivity contribution in [2.24, 2.45) is 0 Å².